The van der Waals surface area contributed by atoms with Crippen molar-refractivity contribution in [3.8, 4) is 22.9 Å². The molecule has 8 aromatic rings. The molecule has 3 aromatic carbocycles. The summed E-state index contributed by atoms with van der Waals surface area (Å²) in [4.78, 5) is 74.6. The third-order valence-corrected chi connectivity index (χ3v) is 18.8. The van der Waals surface area contributed by atoms with E-state index in [9.17, 15) is 29.4 Å². The summed E-state index contributed by atoms with van der Waals surface area (Å²) in [6.45, 7) is 9.76. The molecule has 24 heteroatoms. The van der Waals surface area contributed by atoms with Crippen molar-refractivity contribution in [3.63, 3.8) is 0 Å². The van der Waals surface area contributed by atoms with Gasteiger partial charge in [0.05, 0.1) is 55.8 Å². The van der Waals surface area contributed by atoms with Crippen LogP contribution in [0.25, 0.3) is 54.7 Å². The largest absolute Gasteiger partial charge is 0.486 e. The first-order valence-corrected chi connectivity index (χ1v) is 30.7. The average Bonchev–Trinajstić information content (AvgIpc) is 1.32. The summed E-state index contributed by atoms with van der Waals surface area (Å²) in [7, 11) is 0. The molecule has 9 heterocycles. The van der Waals surface area contributed by atoms with Gasteiger partial charge in [-0.05, 0) is 97.9 Å². The zero-order valence-corrected chi connectivity index (χ0v) is 49.5. The van der Waals surface area contributed by atoms with Crippen LogP contribution in [-0.2, 0) is 27.5 Å². The summed E-state index contributed by atoms with van der Waals surface area (Å²) in [5, 5.41) is 43.6. The molecule has 5 fully saturated rings. The number of halogens is 1. The number of piperazine rings is 1. The van der Waals surface area contributed by atoms with Crippen LogP contribution in [0.5, 0.6) is 11.8 Å². The van der Waals surface area contributed by atoms with Gasteiger partial charge in [-0.25, -0.2) is 9.18 Å². The van der Waals surface area contributed by atoms with E-state index >= 15 is 4.39 Å². The van der Waals surface area contributed by atoms with Gasteiger partial charge in [-0.3, -0.25) is 28.8 Å². The number of H-pyrrole nitrogens is 2. The van der Waals surface area contributed by atoms with Crippen LogP contribution in [0.3, 0.4) is 0 Å². The number of aliphatic hydroxyl groups is 2. The number of hydrogen-bond acceptors (Lipinski definition) is 15. The van der Waals surface area contributed by atoms with Gasteiger partial charge in [-0.1, -0.05) is 44.2 Å². The number of rotatable bonds is 17. The Hall–Kier alpha value is -8.74. The highest BCUT2D eigenvalue weighted by molar-refractivity contribution is 6.07. The van der Waals surface area contributed by atoms with E-state index < -0.39 is 53.5 Å². The molecule has 7 N–H and O–H groups in total. The maximum absolute atomic E-state index is 16.3. The minimum Gasteiger partial charge on any atom is -0.486 e. The zero-order chi connectivity index (χ0) is 60.8. The highest BCUT2D eigenvalue weighted by atomic mass is 19.1. The fourth-order valence-electron chi connectivity index (χ4n) is 14.2. The predicted molar refractivity (Wildman–Crippen MR) is 325 cm³/mol. The lowest BCUT2D eigenvalue weighted by molar-refractivity contribution is -0.142. The van der Waals surface area contributed by atoms with E-state index in [4.69, 9.17) is 35.0 Å². The number of β-amino-alcohol motifs (C(OH)–C–C–N with tert-alkyl or cyclic N) is 1. The number of likely N-dealkylation sites (tertiary alicyclic amines) is 2. The summed E-state index contributed by atoms with van der Waals surface area (Å²) >= 11 is 0. The maximum atomic E-state index is 16.3. The number of nitrogens with two attached hydrogens (primary N) is 1. The third kappa shape index (κ3) is 10.2. The van der Waals surface area contributed by atoms with E-state index in [0.29, 0.717) is 112 Å². The van der Waals surface area contributed by atoms with Crippen LogP contribution in [0.15, 0.2) is 83.6 Å². The number of aromatic nitrogens is 9. The Morgan fingerprint density at radius 2 is 1.77 bits per heavy atom. The van der Waals surface area contributed by atoms with Gasteiger partial charge >= 0.3 is 12.0 Å². The molecule has 5 aromatic heterocycles. The molecule has 2 aliphatic carbocycles. The summed E-state index contributed by atoms with van der Waals surface area (Å²) < 4.78 is 39.3. The van der Waals surface area contributed by atoms with Gasteiger partial charge in [0.25, 0.3) is 5.56 Å². The summed E-state index contributed by atoms with van der Waals surface area (Å²) in [5.74, 6) is -0.495. The van der Waals surface area contributed by atoms with Crippen molar-refractivity contribution in [1.29, 1.82) is 0 Å². The van der Waals surface area contributed by atoms with Crippen LogP contribution in [0.4, 0.5) is 15.0 Å². The van der Waals surface area contributed by atoms with Crippen LogP contribution in [0, 0.1) is 18.7 Å². The number of carbonyl (C=O) groups excluding carboxylic acids is 3. The first-order chi connectivity index (χ1) is 42.6. The number of fused-ring (bicyclic) bond motifs is 7. The molecule has 0 radical (unpaired) electrons. The van der Waals surface area contributed by atoms with Gasteiger partial charge in [0.15, 0.2) is 11.3 Å². The Morgan fingerprint density at radius 3 is 2.50 bits per heavy atom. The van der Waals surface area contributed by atoms with Gasteiger partial charge < -0.3 is 55.2 Å². The number of hydrogen-bond donors (Lipinski definition) is 6. The molecule has 2 bridgehead atoms. The van der Waals surface area contributed by atoms with Crippen LogP contribution in [0.1, 0.15) is 106 Å². The van der Waals surface area contributed by atoms with Crippen LogP contribution < -0.4 is 31.0 Å². The zero-order valence-electron chi connectivity index (χ0n) is 49.5. The van der Waals surface area contributed by atoms with Crippen molar-refractivity contribution >= 4 is 67.3 Å². The van der Waals surface area contributed by atoms with E-state index in [-0.39, 0.29) is 73.6 Å². The Kier molecular flexibility index (Phi) is 14.8. The smallest absolute Gasteiger partial charge is 0.319 e. The molecule has 4 amide bonds. The second-order valence-electron chi connectivity index (χ2n) is 24.8. The number of anilines is 1. The number of nitrogens with one attached hydrogen (secondary N) is 3. The number of aromatic amines is 2. The minimum absolute atomic E-state index is 0.00296. The Morgan fingerprint density at radius 1 is 0.943 bits per heavy atom. The number of ether oxygens (including phenoxy) is 3. The Bertz CT molecular complexity index is 4220. The Balaban J connectivity index is 0.792. The van der Waals surface area contributed by atoms with Gasteiger partial charge in [0.2, 0.25) is 11.8 Å². The van der Waals surface area contributed by atoms with Gasteiger partial charge in [-0.2, -0.15) is 25.3 Å². The quantitative estimate of drug-likeness (QED) is 0.0554. The summed E-state index contributed by atoms with van der Waals surface area (Å²) in [6.07, 6.45) is 14.4. The lowest BCUT2D eigenvalue weighted by Gasteiger charge is -2.35. The number of pyridine rings is 1. The minimum atomic E-state index is -1.04. The van der Waals surface area contributed by atoms with Crippen molar-refractivity contribution in [2.24, 2.45) is 11.7 Å². The van der Waals surface area contributed by atoms with E-state index in [1.54, 1.807) is 30.4 Å². The number of amides is 4. The molecule has 4 saturated heterocycles. The molecule has 6 aliphatic rings. The average molecular weight is 1200 g/mol. The van der Waals surface area contributed by atoms with Gasteiger partial charge in [0, 0.05) is 108 Å². The maximum Gasteiger partial charge on any atom is 0.319 e. The Labute approximate surface area is 504 Å². The van der Waals surface area contributed by atoms with Crippen LogP contribution >= 0.6 is 0 Å². The molecule has 0 spiro atoms. The molecule has 4 aliphatic heterocycles. The predicted octanol–water partition coefficient (Wildman–Crippen LogP) is 6.69. The normalized spacial score (nSPS) is 22.0. The number of primary amides is 1. The van der Waals surface area contributed by atoms with Crippen LogP contribution in [0.2, 0.25) is 0 Å². The molecule has 2 unspecified atom stereocenters. The second-order valence-corrected chi connectivity index (χ2v) is 24.8. The molecule has 88 heavy (non-hydrogen) atoms. The number of carbonyl (C=O) groups is 3. The number of urea groups is 1. The van der Waals surface area contributed by atoms with Crippen molar-refractivity contribution in [1.82, 2.24) is 59.8 Å². The fraction of sp³-hybridized carbons (Fsp3) is 0.453. The van der Waals surface area contributed by atoms with Crippen molar-refractivity contribution in [2.75, 3.05) is 44.4 Å². The van der Waals surface area contributed by atoms with Crippen LogP contribution in [-0.4, -0.2) is 158 Å². The number of aliphatic hydroxyl groups excluding tert-OH is 2. The number of nitrogens with zero attached hydrogens (tertiary/aromatic N) is 10. The molecule has 1 saturated carbocycles. The molecule has 14 rings (SSSR count). The van der Waals surface area contributed by atoms with Gasteiger partial charge in [0.1, 0.15) is 41.9 Å². The highest BCUT2D eigenvalue weighted by Crippen LogP contribution is 2.54. The van der Waals surface area contributed by atoms with E-state index in [2.05, 4.69) is 36.6 Å². The third-order valence-electron chi connectivity index (χ3n) is 18.8. The monoisotopic (exact) mass is 1200 g/mol. The SMILES string of the molecule is CCn1nccc1C1C=CC([C@H](CO)NC(=O)[C@@H]2C[C@@H](O)CN2C(=O)C(C(C)C)n2cc3c(n2)c(=O)[nH]c2cc(COc4c(-c5c(C)c(F)cc6[nH]ncc56)c(C5CC5)cc5c(N6C[C@@H]7C[C@H]6CN7C(N)=O)nc(OC6CCOCC6)nc45)ccc23)=CC1. The lowest BCUT2D eigenvalue weighted by Crippen LogP contribution is -2.52. The number of allylic oxidation sites excluding steroid dienone is 2. The molecular weight excluding hydrogens is 1130 g/mol. The second kappa shape index (κ2) is 22.8. The van der Waals surface area contributed by atoms with Crippen molar-refractivity contribution in [2.45, 2.75) is 140 Å². The fourth-order valence-corrected chi connectivity index (χ4v) is 14.2. The highest BCUT2D eigenvalue weighted by Gasteiger charge is 2.47. The van der Waals surface area contributed by atoms with E-state index in [1.165, 1.54) is 15.6 Å². The standard InChI is InChI=1S/C64H71FN14O9/c1-5-78-51(14-17-68-78)37-11-9-36(10-12-37)50(30-80)70-60(82)52-22-40(81)28-77(52)62(84)57(32(2)3)79-29-46-42-13-6-34(20-48(42)69-61(83)56(46)74-79)31-87-58-54(53-33(4)47(65)24-49-45(53)25-67-73-49)43(35-7-8-35)23-44-55(58)71-64(88-41-15-18-86-19-16-41)72-59(44)75-26-39-21-38(75)27-76(39)63(66)85/h6,9-11,13-14,17,20,23-25,29,32,35,37-41,50,52,57,80-81H,5,7-8,12,15-16,18-19,21-22,26-28,30-31H2,1-4H3,(H2,66,85)(H,67,73)(H,69,83)(H,70,82)/t37?,38-,39-,40+,50-,52-,57?/m0/s1. The first kappa shape index (κ1) is 57.0. The van der Waals surface area contributed by atoms with Crippen molar-refractivity contribution in [3.05, 3.63) is 117 Å². The lowest BCUT2D eigenvalue weighted by atomic mass is 9.88. The van der Waals surface area contributed by atoms with Crippen molar-refractivity contribution < 1.29 is 43.2 Å². The first-order valence-electron chi connectivity index (χ1n) is 30.7. The van der Waals surface area contributed by atoms with E-state index in [1.807, 2.05) is 67.9 Å². The van der Waals surface area contributed by atoms with Gasteiger partial charge in [-0.15, -0.1) is 0 Å². The topological polar surface area (TPSA) is 290 Å². The molecular formula is C64H71FN14O9. The molecule has 458 valence electrons. The molecule has 7 atom stereocenters. The number of aryl methyl sites for hydroxylation is 1. The summed E-state index contributed by atoms with van der Waals surface area (Å²) in [6, 6.07) is 7.96. The summed E-state index contributed by atoms with van der Waals surface area (Å²) in [5.41, 5.74) is 12.1. The number of benzene rings is 3. The van der Waals surface area contributed by atoms with E-state index in [0.717, 1.165) is 48.0 Å². The molecule has 23 nitrogen and oxygen atoms in total.